The lowest BCUT2D eigenvalue weighted by atomic mass is 9.79. The highest BCUT2D eigenvalue weighted by molar-refractivity contribution is 6.18. The van der Waals surface area contributed by atoms with Gasteiger partial charge in [0.2, 0.25) is 0 Å². The Balaban J connectivity index is 2.91. The van der Waals surface area contributed by atoms with E-state index in [2.05, 4.69) is 38.6 Å². The van der Waals surface area contributed by atoms with Crippen molar-refractivity contribution in [2.75, 3.05) is 13.2 Å². The highest BCUT2D eigenvalue weighted by atomic mass is 16.6. The Morgan fingerprint density at radius 1 is 1.12 bits per heavy atom. The highest BCUT2D eigenvalue weighted by Crippen LogP contribution is 2.34. The smallest absolute Gasteiger partial charge is 0.315 e. The van der Waals surface area contributed by atoms with Crippen LogP contribution < -0.4 is 0 Å². The molecule has 0 amide bonds. The Kier molecular flexibility index (Phi) is 11.3. The molecular weight excluding hydrogens is 403 g/mol. The molecule has 0 spiro atoms. The van der Waals surface area contributed by atoms with Crippen molar-refractivity contribution in [3.05, 3.63) is 59.9 Å². The van der Waals surface area contributed by atoms with E-state index in [0.717, 1.165) is 5.57 Å². The Labute approximate surface area is 194 Å². The summed E-state index contributed by atoms with van der Waals surface area (Å²) in [5.41, 5.74) is 1.27. The van der Waals surface area contributed by atoms with Gasteiger partial charge in [-0.1, -0.05) is 69.3 Å². The fourth-order valence-electron chi connectivity index (χ4n) is 3.00. The topological polar surface area (TPSA) is 61.8 Å². The molecule has 0 aliphatic heterocycles. The van der Waals surface area contributed by atoms with E-state index >= 15 is 0 Å². The molecule has 0 saturated heterocycles. The molecule has 6 heteroatoms. The fourth-order valence-corrected chi connectivity index (χ4v) is 3.00. The molecule has 2 atom stereocenters. The van der Waals surface area contributed by atoms with Gasteiger partial charge in [-0.2, -0.15) is 0 Å². The third-order valence-corrected chi connectivity index (χ3v) is 5.56. The average molecular weight is 440 g/mol. The largest absolute Gasteiger partial charge is 0.495 e. The van der Waals surface area contributed by atoms with Crippen LogP contribution in [0.1, 0.15) is 59.4 Å². The number of carbonyl (C=O) groups is 2. The lowest BCUT2D eigenvalue weighted by Gasteiger charge is -2.28. The highest BCUT2D eigenvalue weighted by Gasteiger charge is 2.33. The number of allylic oxidation sites excluding steroid dienone is 2. The Hall–Kier alpha value is -2.50. The first kappa shape index (κ1) is 27.5. The van der Waals surface area contributed by atoms with Crippen molar-refractivity contribution in [3.8, 4) is 0 Å². The molecule has 0 saturated carbocycles. The maximum absolute atomic E-state index is 13.0. The van der Waals surface area contributed by atoms with Gasteiger partial charge in [0.05, 0.1) is 19.0 Å². The van der Waals surface area contributed by atoms with Crippen molar-refractivity contribution < 1.29 is 23.8 Å². The number of benzene rings is 1. The summed E-state index contributed by atoms with van der Waals surface area (Å²) in [5.74, 6) is 0.113. The minimum atomic E-state index is -0.849. The molecule has 2 radical (unpaired) electrons. The lowest BCUT2D eigenvalue weighted by Crippen LogP contribution is -2.34. The summed E-state index contributed by atoms with van der Waals surface area (Å²) in [6.45, 7) is 15.5. The monoisotopic (exact) mass is 440 g/mol. The lowest BCUT2D eigenvalue weighted by molar-refractivity contribution is -0.164. The van der Waals surface area contributed by atoms with Gasteiger partial charge in [-0.3, -0.25) is 9.59 Å². The normalized spacial score (nSPS) is 13.9. The van der Waals surface area contributed by atoms with Gasteiger partial charge < -0.3 is 14.2 Å². The van der Waals surface area contributed by atoms with Crippen LogP contribution in [0.15, 0.2) is 54.3 Å². The molecule has 174 valence electrons. The van der Waals surface area contributed by atoms with E-state index in [1.54, 1.807) is 0 Å². The fraction of sp³-hybridized carbons (Fsp3) is 0.538. The number of hydrogen-bond donors (Lipinski definition) is 0. The average Bonchev–Trinajstić information content (AvgIpc) is 2.78. The molecule has 1 rings (SSSR count). The molecule has 0 heterocycles. The Bertz CT molecular complexity index is 783. The van der Waals surface area contributed by atoms with Crippen molar-refractivity contribution >= 4 is 19.8 Å². The summed E-state index contributed by atoms with van der Waals surface area (Å²) in [4.78, 5) is 24.6. The van der Waals surface area contributed by atoms with Crippen LogP contribution in [-0.2, 0) is 23.8 Å². The van der Waals surface area contributed by atoms with E-state index in [4.69, 9.17) is 22.1 Å². The van der Waals surface area contributed by atoms with Gasteiger partial charge >= 0.3 is 5.97 Å². The van der Waals surface area contributed by atoms with Crippen LogP contribution in [0.5, 0.6) is 0 Å². The number of rotatable bonds is 13. The molecule has 32 heavy (non-hydrogen) atoms. The van der Waals surface area contributed by atoms with E-state index in [9.17, 15) is 9.59 Å². The SMILES string of the molecule is [B]CC(=O)OC(COC(=C)CC)COC(=O)C(C)(C)/C(C)=C/C(c1ccccc1)C(C)C. The zero-order valence-electron chi connectivity index (χ0n) is 20.4. The predicted molar refractivity (Wildman–Crippen MR) is 128 cm³/mol. The number of carbonyl (C=O) groups excluding carboxylic acids is 2. The Morgan fingerprint density at radius 2 is 1.72 bits per heavy atom. The quantitative estimate of drug-likeness (QED) is 0.178. The summed E-state index contributed by atoms with van der Waals surface area (Å²) in [6.07, 6.45) is 1.75. The zero-order chi connectivity index (χ0) is 24.3. The van der Waals surface area contributed by atoms with Crippen LogP contribution in [-0.4, -0.2) is 39.1 Å². The van der Waals surface area contributed by atoms with Gasteiger partial charge in [-0.05, 0) is 32.3 Å². The first-order valence-electron chi connectivity index (χ1n) is 11.1. The van der Waals surface area contributed by atoms with Crippen molar-refractivity contribution in [3.63, 3.8) is 0 Å². The van der Waals surface area contributed by atoms with Crippen LogP contribution in [0.3, 0.4) is 0 Å². The molecule has 0 aromatic heterocycles. The first-order chi connectivity index (χ1) is 15.0. The van der Waals surface area contributed by atoms with Gasteiger partial charge in [-0.25, -0.2) is 0 Å². The van der Waals surface area contributed by atoms with Crippen LogP contribution in [0, 0.1) is 11.3 Å². The molecule has 0 bridgehead atoms. The molecule has 0 N–H and O–H groups in total. The molecule has 0 aliphatic rings. The summed E-state index contributed by atoms with van der Waals surface area (Å²) in [6, 6.07) is 10.2. The van der Waals surface area contributed by atoms with Gasteiger partial charge in [-0.15, -0.1) is 0 Å². The number of ether oxygens (including phenoxy) is 3. The van der Waals surface area contributed by atoms with Crippen LogP contribution in [0.2, 0.25) is 6.32 Å². The number of esters is 2. The van der Waals surface area contributed by atoms with Crippen molar-refractivity contribution in [1.29, 1.82) is 0 Å². The second-order valence-electron chi connectivity index (χ2n) is 8.77. The van der Waals surface area contributed by atoms with E-state index in [-0.39, 0.29) is 25.5 Å². The zero-order valence-corrected chi connectivity index (χ0v) is 20.4. The van der Waals surface area contributed by atoms with E-state index in [1.165, 1.54) is 5.56 Å². The van der Waals surface area contributed by atoms with E-state index in [0.29, 0.717) is 18.1 Å². The molecule has 5 nitrogen and oxygen atoms in total. The summed E-state index contributed by atoms with van der Waals surface area (Å²) in [7, 11) is 5.34. The van der Waals surface area contributed by atoms with E-state index in [1.807, 2.05) is 45.9 Å². The Morgan fingerprint density at radius 3 is 2.25 bits per heavy atom. The first-order valence-corrected chi connectivity index (χ1v) is 11.1. The minimum Gasteiger partial charge on any atom is -0.495 e. The van der Waals surface area contributed by atoms with Crippen molar-refractivity contribution in [2.45, 2.75) is 66.3 Å². The maximum Gasteiger partial charge on any atom is 0.315 e. The second-order valence-corrected chi connectivity index (χ2v) is 8.77. The van der Waals surface area contributed by atoms with Crippen LogP contribution in [0.25, 0.3) is 0 Å². The predicted octanol–water partition coefficient (Wildman–Crippen LogP) is 5.38. The molecule has 1 aromatic carbocycles. The van der Waals surface area contributed by atoms with Crippen molar-refractivity contribution in [2.24, 2.45) is 11.3 Å². The van der Waals surface area contributed by atoms with Crippen LogP contribution in [0.4, 0.5) is 0 Å². The van der Waals surface area contributed by atoms with Gasteiger partial charge in [0.25, 0.3) is 5.97 Å². The molecule has 1 aromatic rings. The number of hydrogen-bond acceptors (Lipinski definition) is 5. The maximum atomic E-state index is 13.0. The van der Waals surface area contributed by atoms with Gasteiger partial charge in [0, 0.05) is 18.7 Å². The van der Waals surface area contributed by atoms with Gasteiger partial charge in [0.15, 0.2) is 6.10 Å². The van der Waals surface area contributed by atoms with Crippen LogP contribution >= 0.6 is 0 Å². The molecule has 2 unspecified atom stereocenters. The summed E-state index contributed by atoms with van der Waals surface area (Å²) >= 11 is 0. The summed E-state index contributed by atoms with van der Waals surface area (Å²) < 4.78 is 16.3. The molecular formula is C26H37BO5. The molecule has 0 aliphatic carbocycles. The van der Waals surface area contributed by atoms with Crippen molar-refractivity contribution in [1.82, 2.24) is 0 Å². The standard InChI is InChI=1S/C26H37BO5/c1-8-20(5)30-16-22(32-24(28)15-27)17-31-25(29)26(6,7)19(4)14-23(18(2)3)21-12-10-9-11-13-21/h9-14,18,22-23H,5,8,15-17H2,1-4,6-7H3/b19-14+. The second kappa shape index (κ2) is 13.1. The molecule has 0 fully saturated rings. The minimum absolute atomic E-state index is 0.0460. The third kappa shape index (κ3) is 8.56. The van der Waals surface area contributed by atoms with E-state index < -0.39 is 23.5 Å². The van der Waals surface area contributed by atoms with Gasteiger partial charge in [0.1, 0.15) is 13.2 Å². The third-order valence-electron chi connectivity index (χ3n) is 5.56. The summed E-state index contributed by atoms with van der Waals surface area (Å²) in [5, 5.41) is 0.